The maximum absolute atomic E-state index is 14.4. The SMILES string of the molecule is CCCCCC[C@H]1CC[C@H](c2ccccc2C2(C(F)F)C=CC(C(=O)S)C=C2)CC1. The van der Waals surface area contributed by atoms with Gasteiger partial charge < -0.3 is 0 Å². The summed E-state index contributed by atoms with van der Waals surface area (Å²) < 4.78 is 28.8. The largest absolute Gasteiger partial charge is 0.286 e. The molecule has 0 amide bonds. The third-order valence-corrected chi connectivity index (χ3v) is 7.28. The standard InChI is InChI=1S/C26H34F2OS/c1-2-3-4-5-8-19-11-13-20(14-12-19)22-9-6-7-10-23(22)26(25(27)28)17-15-21(16-18-26)24(29)30/h6-7,9-10,15-21,25H,2-5,8,11-14H2,1H3,(H,29,30)/t19-,20-,21?,26?. The van der Waals surface area contributed by atoms with Gasteiger partial charge in [0.1, 0.15) is 0 Å². The molecule has 1 saturated carbocycles. The first kappa shape index (κ1) is 23.2. The number of thiol groups is 1. The minimum absolute atomic E-state index is 0.323. The summed E-state index contributed by atoms with van der Waals surface area (Å²) in [5, 5.41) is -0.323. The number of hydrogen-bond donors (Lipinski definition) is 1. The molecule has 1 fully saturated rings. The molecule has 0 radical (unpaired) electrons. The Balaban J connectivity index is 1.76. The number of alkyl halides is 2. The quantitative estimate of drug-likeness (QED) is 0.241. The van der Waals surface area contributed by atoms with Crippen molar-refractivity contribution in [1.82, 2.24) is 0 Å². The van der Waals surface area contributed by atoms with E-state index in [0.717, 1.165) is 24.3 Å². The predicted molar refractivity (Wildman–Crippen MR) is 123 cm³/mol. The molecule has 0 aromatic heterocycles. The van der Waals surface area contributed by atoms with E-state index in [1.807, 2.05) is 24.3 Å². The number of allylic oxidation sites excluding steroid dienone is 4. The molecule has 1 aromatic rings. The Hall–Kier alpha value is -1.42. The molecular weight excluding hydrogens is 398 g/mol. The van der Waals surface area contributed by atoms with E-state index in [1.54, 1.807) is 12.2 Å². The van der Waals surface area contributed by atoms with Crippen molar-refractivity contribution < 1.29 is 13.6 Å². The van der Waals surface area contributed by atoms with Gasteiger partial charge in [-0.15, -0.1) is 12.6 Å². The molecular formula is C26H34F2OS. The van der Waals surface area contributed by atoms with Gasteiger partial charge in [0, 0.05) is 0 Å². The first-order valence-corrected chi connectivity index (χ1v) is 11.9. The molecule has 2 aliphatic rings. The molecule has 164 valence electrons. The Morgan fingerprint density at radius 2 is 1.73 bits per heavy atom. The fraction of sp³-hybridized carbons (Fsp3) is 0.577. The van der Waals surface area contributed by atoms with E-state index >= 15 is 0 Å². The van der Waals surface area contributed by atoms with Gasteiger partial charge in [-0.1, -0.05) is 87.6 Å². The van der Waals surface area contributed by atoms with Gasteiger partial charge in [0.2, 0.25) is 0 Å². The lowest BCUT2D eigenvalue weighted by atomic mass is 9.69. The normalized spacial score (nSPS) is 28.8. The van der Waals surface area contributed by atoms with Gasteiger partial charge in [0.05, 0.1) is 11.3 Å². The molecule has 0 aliphatic heterocycles. The second-order valence-corrected chi connectivity index (χ2v) is 9.41. The maximum Gasteiger partial charge on any atom is 0.255 e. The van der Waals surface area contributed by atoms with Gasteiger partial charge in [0.25, 0.3) is 6.43 Å². The minimum Gasteiger partial charge on any atom is -0.286 e. The average Bonchev–Trinajstić information content (AvgIpc) is 2.77. The van der Waals surface area contributed by atoms with Crippen LogP contribution in [0.2, 0.25) is 0 Å². The van der Waals surface area contributed by atoms with Crippen molar-refractivity contribution in [1.29, 1.82) is 0 Å². The van der Waals surface area contributed by atoms with Crippen LogP contribution in [0.4, 0.5) is 8.78 Å². The Morgan fingerprint density at radius 3 is 2.33 bits per heavy atom. The molecule has 0 spiro atoms. The molecule has 3 rings (SSSR count). The van der Waals surface area contributed by atoms with Crippen LogP contribution < -0.4 is 0 Å². The number of rotatable bonds is 9. The fourth-order valence-corrected chi connectivity index (χ4v) is 5.29. The Labute approximate surface area is 185 Å². The average molecular weight is 433 g/mol. The van der Waals surface area contributed by atoms with E-state index in [9.17, 15) is 13.6 Å². The zero-order valence-electron chi connectivity index (χ0n) is 17.9. The van der Waals surface area contributed by atoms with Gasteiger partial charge >= 0.3 is 0 Å². The van der Waals surface area contributed by atoms with E-state index < -0.39 is 17.8 Å². The highest BCUT2D eigenvalue weighted by Gasteiger charge is 2.41. The number of unbranched alkanes of at least 4 members (excludes halogenated alkanes) is 3. The van der Waals surface area contributed by atoms with Crippen molar-refractivity contribution in [3.8, 4) is 0 Å². The van der Waals surface area contributed by atoms with Gasteiger partial charge in [-0.25, -0.2) is 8.78 Å². The van der Waals surface area contributed by atoms with Crippen molar-refractivity contribution in [2.45, 2.75) is 82.5 Å². The number of halogens is 2. The van der Waals surface area contributed by atoms with Gasteiger partial charge in [-0.05, 0) is 48.6 Å². The van der Waals surface area contributed by atoms with Crippen molar-refractivity contribution in [2.75, 3.05) is 0 Å². The smallest absolute Gasteiger partial charge is 0.255 e. The van der Waals surface area contributed by atoms with Crippen molar-refractivity contribution in [3.63, 3.8) is 0 Å². The van der Waals surface area contributed by atoms with E-state index in [1.165, 1.54) is 57.1 Å². The van der Waals surface area contributed by atoms with Crippen LogP contribution in [0.3, 0.4) is 0 Å². The van der Waals surface area contributed by atoms with Crippen LogP contribution in [0.15, 0.2) is 48.6 Å². The van der Waals surface area contributed by atoms with Crippen molar-refractivity contribution >= 4 is 17.7 Å². The predicted octanol–water partition coefficient (Wildman–Crippen LogP) is 7.63. The lowest BCUT2D eigenvalue weighted by molar-refractivity contribution is -0.112. The first-order valence-electron chi connectivity index (χ1n) is 11.5. The molecule has 1 aromatic carbocycles. The van der Waals surface area contributed by atoms with Crippen molar-refractivity contribution in [3.05, 3.63) is 59.7 Å². The Morgan fingerprint density at radius 1 is 1.07 bits per heavy atom. The lowest BCUT2D eigenvalue weighted by Crippen LogP contribution is -2.34. The summed E-state index contributed by atoms with van der Waals surface area (Å²) in [4.78, 5) is 11.5. The molecule has 0 N–H and O–H groups in total. The summed E-state index contributed by atoms with van der Waals surface area (Å²) in [6.07, 6.45) is 14.7. The fourth-order valence-electron chi connectivity index (χ4n) is 5.12. The third kappa shape index (κ3) is 5.25. The highest BCUT2D eigenvalue weighted by atomic mass is 32.1. The van der Waals surface area contributed by atoms with Crippen LogP contribution in [0.25, 0.3) is 0 Å². The molecule has 2 aliphatic carbocycles. The molecule has 0 bridgehead atoms. The topological polar surface area (TPSA) is 17.1 Å². The molecule has 4 heteroatoms. The highest BCUT2D eigenvalue weighted by Crippen LogP contribution is 2.45. The maximum atomic E-state index is 14.4. The second kappa shape index (κ2) is 10.7. The van der Waals surface area contributed by atoms with Crippen LogP contribution in [-0.2, 0) is 10.2 Å². The number of carbonyl (C=O) groups is 1. The second-order valence-electron chi connectivity index (χ2n) is 8.97. The van der Waals surface area contributed by atoms with Crippen LogP contribution in [0.1, 0.15) is 81.8 Å². The summed E-state index contributed by atoms with van der Waals surface area (Å²) in [6.45, 7) is 2.24. The molecule has 30 heavy (non-hydrogen) atoms. The van der Waals surface area contributed by atoms with Crippen LogP contribution >= 0.6 is 12.6 Å². The summed E-state index contributed by atoms with van der Waals surface area (Å²) in [6, 6.07) is 7.68. The van der Waals surface area contributed by atoms with Crippen LogP contribution in [0, 0.1) is 11.8 Å². The zero-order valence-corrected chi connectivity index (χ0v) is 18.8. The van der Waals surface area contributed by atoms with Gasteiger partial charge in [-0.2, -0.15) is 0 Å². The minimum atomic E-state index is -2.57. The summed E-state index contributed by atoms with van der Waals surface area (Å²) >= 11 is 3.86. The lowest BCUT2D eigenvalue weighted by Gasteiger charge is -2.36. The third-order valence-electron chi connectivity index (χ3n) is 6.98. The number of carbonyl (C=O) groups excluding carboxylic acids is 1. The molecule has 0 saturated heterocycles. The van der Waals surface area contributed by atoms with E-state index in [0.29, 0.717) is 11.5 Å². The van der Waals surface area contributed by atoms with Crippen molar-refractivity contribution in [2.24, 2.45) is 11.8 Å². The molecule has 0 unspecified atom stereocenters. The highest BCUT2D eigenvalue weighted by molar-refractivity contribution is 7.96. The van der Waals surface area contributed by atoms with E-state index in [2.05, 4.69) is 19.6 Å². The molecule has 1 nitrogen and oxygen atoms in total. The van der Waals surface area contributed by atoms with Gasteiger partial charge in [-0.3, -0.25) is 4.79 Å². The Bertz CT molecular complexity index is 748. The van der Waals surface area contributed by atoms with E-state index in [4.69, 9.17) is 0 Å². The monoisotopic (exact) mass is 432 g/mol. The van der Waals surface area contributed by atoms with Crippen LogP contribution in [0.5, 0.6) is 0 Å². The van der Waals surface area contributed by atoms with E-state index in [-0.39, 0.29) is 5.12 Å². The van der Waals surface area contributed by atoms with Crippen LogP contribution in [-0.4, -0.2) is 11.5 Å². The Kier molecular flexibility index (Phi) is 8.33. The zero-order chi connectivity index (χ0) is 21.6. The molecule has 0 atom stereocenters. The first-order chi connectivity index (χ1) is 14.5. The number of benzene rings is 1. The summed E-state index contributed by atoms with van der Waals surface area (Å²) in [5.41, 5.74) is 0.268. The number of hydrogen-bond acceptors (Lipinski definition) is 1. The van der Waals surface area contributed by atoms with Gasteiger partial charge in [0.15, 0.2) is 5.12 Å². The summed E-state index contributed by atoms with van der Waals surface area (Å²) in [5.74, 6) is 0.580. The molecule has 0 heterocycles. The summed E-state index contributed by atoms with van der Waals surface area (Å²) in [7, 11) is 0.